The molecule has 0 radical (unpaired) electrons. The number of amides is 1. The van der Waals surface area contributed by atoms with Crippen LogP contribution >= 0.6 is 15.9 Å². The molecule has 5 heteroatoms. The molecule has 1 heterocycles. The Balaban J connectivity index is 1.81. The van der Waals surface area contributed by atoms with Gasteiger partial charge in [-0.1, -0.05) is 28.1 Å². The number of nitrogens with zero attached hydrogens (tertiary/aromatic N) is 2. The highest BCUT2D eigenvalue weighted by molar-refractivity contribution is 9.10. The SMILES string of the molecule is CC(C)(O)CN1CCN(C(=O)Cc2ccc(Br)cc2)CC1. The Hall–Kier alpha value is -0.910. The number of carbonyl (C=O) groups excluding carboxylic acids is 1. The van der Waals surface area contributed by atoms with E-state index in [1.165, 1.54) is 0 Å². The number of halogens is 1. The van der Waals surface area contributed by atoms with E-state index in [9.17, 15) is 9.90 Å². The minimum absolute atomic E-state index is 0.181. The highest BCUT2D eigenvalue weighted by atomic mass is 79.9. The second kappa shape index (κ2) is 6.90. The van der Waals surface area contributed by atoms with Crippen molar-refractivity contribution in [1.82, 2.24) is 9.80 Å². The molecule has 1 aliphatic rings. The number of rotatable bonds is 4. The van der Waals surface area contributed by atoms with Crippen molar-refractivity contribution in [3.05, 3.63) is 34.3 Å². The quantitative estimate of drug-likeness (QED) is 0.897. The highest BCUT2D eigenvalue weighted by Gasteiger charge is 2.24. The lowest BCUT2D eigenvalue weighted by molar-refractivity contribution is -0.132. The zero-order valence-corrected chi connectivity index (χ0v) is 14.3. The van der Waals surface area contributed by atoms with Crippen molar-refractivity contribution in [2.24, 2.45) is 0 Å². The summed E-state index contributed by atoms with van der Waals surface area (Å²) in [7, 11) is 0. The van der Waals surface area contributed by atoms with Crippen molar-refractivity contribution in [3.8, 4) is 0 Å². The van der Waals surface area contributed by atoms with Gasteiger partial charge in [0.15, 0.2) is 0 Å². The van der Waals surface area contributed by atoms with Crippen LogP contribution in [0.1, 0.15) is 19.4 Å². The third kappa shape index (κ3) is 5.41. The molecule has 1 saturated heterocycles. The molecular formula is C16H23BrN2O2. The van der Waals surface area contributed by atoms with Crippen LogP contribution in [0.2, 0.25) is 0 Å². The molecule has 2 rings (SSSR count). The predicted molar refractivity (Wildman–Crippen MR) is 87.2 cm³/mol. The van der Waals surface area contributed by atoms with Crippen molar-refractivity contribution in [2.45, 2.75) is 25.9 Å². The first-order valence-electron chi connectivity index (χ1n) is 7.30. The molecule has 1 fully saturated rings. The summed E-state index contributed by atoms with van der Waals surface area (Å²) in [5.74, 6) is 0.181. The van der Waals surface area contributed by atoms with Gasteiger partial charge in [0, 0.05) is 37.2 Å². The number of aliphatic hydroxyl groups is 1. The average Bonchev–Trinajstić information content (AvgIpc) is 2.40. The van der Waals surface area contributed by atoms with Crippen LogP contribution in [-0.2, 0) is 11.2 Å². The first-order valence-corrected chi connectivity index (χ1v) is 8.10. The summed E-state index contributed by atoms with van der Waals surface area (Å²) in [6, 6.07) is 7.88. The van der Waals surface area contributed by atoms with Gasteiger partial charge >= 0.3 is 0 Å². The Morgan fingerprint density at radius 3 is 2.29 bits per heavy atom. The monoisotopic (exact) mass is 354 g/mol. The average molecular weight is 355 g/mol. The van der Waals surface area contributed by atoms with Gasteiger partial charge < -0.3 is 10.0 Å². The number of piperazine rings is 1. The van der Waals surface area contributed by atoms with E-state index in [0.29, 0.717) is 13.0 Å². The van der Waals surface area contributed by atoms with Gasteiger partial charge in [-0.25, -0.2) is 0 Å². The summed E-state index contributed by atoms with van der Waals surface area (Å²) >= 11 is 3.40. The molecule has 0 aromatic heterocycles. The number of benzene rings is 1. The van der Waals surface area contributed by atoms with Crippen LogP contribution in [0.3, 0.4) is 0 Å². The Morgan fingerprint density at radius 2 is 1.76 bits per heavy atom. The number of β-amino-alcohol motifs (C(OH)–C–C–N with tert-alkyl or cyclic N) is 1. The summed E-state index contributed by atoms with van der Waals surface area (Å²) in [6.45, 7) is 7.43. The molecule has 0 unspecified atom stereocenters. The molecule has 1 aliphatic heterocycles. The third-order valence-electron chi connectivity index (χ3n) is 3.60. The van der Waals surface area contributed by atoms with Crippen LogP contribution in [0.5, 0.6) is 0 Å². The molecule has 1 aromatic rings. The van der Waals surface area contributed by atoms with Crippen molar-refractivity contribution < 1.29 is 9.90 Å². The molecule has 0 aliphatic carbocycles. The maximum absolute atomic E-state index is 12.3. The fourth-order valence-electron chi connectivity index (χ4n) is 2.59. The third-order valence-corrected chi connectivity index (χ3v) is 4.13. The molecule has 1 amide bonds. The first-order chi connectivity index (χ1) is 9.83. The number of carbonyl (C=O) groups is 1. The van der Waals surface area contributed by atoms with Crippen molar-refractivity contribution in [1.29, 1.82) is 0 Å². The highest BCUT2D eigenvalue weighted by Crippen LogP contribution is 2.13. The second-order valence-electron chi connectivity index (χ2n) is 6.27. The van der Waals surface area contributed by atoms with Crippen LogP contribution in [0.4, 0.5) is 0 Å². The predicted octanol–water partition coefficient (Wildman–Crippen LogP) is 1.91. The lowest BCUT2D eigenvalue weighted by Crippen LogP contribution is -2.52. The van der Waals surface area contributed by atoms with Crippen LogP contribution in [0, 0.1) is 0 Å². The molecule has 1 aromatic carbocycles. The van der Waals surface area contributed by atoms with Gasteiger partial charge in [-0.15, -0.1) is 0 Å². The van der Waals surface area contributed by atoms with Gasteiger partial charge in [-0.2, -0.15) is 0 Å². The smallest absolute Gasteiger partial charge is 0.227 e. The molecule has 116 valence electrons. The van der Waals surface area contributed by atoms with Gasteiger partial charge in [0.25, 0.3) is 0 Å². The summed E-state index contributed by atoms with van der Waals surface area (Å²) in [4.78, 5) is 16.4. The van der Waals surface area contributed by atoms with Crippen LogP contribution in [0.25, 0.3) is 0 Å². The standard InChI is InChI=1S/C16H23BrN2O2/c1-16(2,21)12-18-7-9-19(10-8-18)15(20)11-13-3-5-14(17)6-4-13/h3-6,21H,7-12H2,1-2H3. The molecule has 21 heavy (non-hydrogen) atoms. The molecule has 4 nitrogen and oxygen atoms in total. The van der Waals surface area contributed by atoms with E-state index < -0.39 is 5.60 Å². The molecule has 0 atom stereocenters. The second-order valence-corrected chi connectivity index (χ2v) is 7.19. The minimum atomic E-state index is -0.677. The van der Waals surface area contributed by atoms with Crippen molar-refractivity contribution in [3.63, 3.8) is 0 Å². The van der Waals surface area contributed by atoms with Gasteiger partial charge in [-0.3, -0.25) is 9.69 Å². The molecule has 0 spiro atoms. The molecule has 1 N–H and O–H groups in total. The van der Waals surface area contributed by atoms with Crippen LogP contribution in [-0.4, -0.2) is 59.1 Å². The van der Waals surface area contributed by atoms with Gasteiger partial charge in [-0.05, 0) is 31.5 Å². The normalized spacial score (nSPS) is 17.0. The van der Waals surface area contributed by atoms with E-state index in [4.69, 9.17) is 0 Å². The summed E-state index contributed by atoms with van der Waals surface area (Å²) in [5.41, 5.74) is 0.367. The van der Waals surface area contributed by atoms with Gasteiger partial charge in [0.2, 0.25) is 5.91 Å². The largest absolute Gasteiger partial charge is 0.389 e. The fourth-order valence-corrected chi connectivity index (χ4v) is 2.86. The first kappa shape index (κ1) is 16.5. The summed E-state index contributed by atoms with van der Waals surface area (Å²) in [6.07, 6.45) is 0.457. The Bertz CT molecular complexity index is 474. The zero-order chi connectivity index (χ0) is 15.5. The Labute approximate surface area is 134 Å². The maximum atomic E-state index is 12.3. The van der Waals surface area contributed by atoms with E-state index in [1.807, 2.05) is 43.0 Å². The molecular weight excluding hydrogens is 332 g/mol. The van der Waals surface area contributed by atoms with E-state index in [2.05, 4.69) is 20.8 Å². The van der Waals surface area contributed by atoms with Crippen LogP contribution in [0.15, 0.2) is 28.7 Å². The topological polar surface area (TPSA) is 43.8 Å². The van der Waals surface area contributed by atoms with Crippen molar-refractivity contribution in [2.75, 3.05) is 32.7 Å². The van der Waals surface area contributed by atoms with E-state index >= 15 is 0 Å². The number of hydrogen-bond donors (Lipinski definition) is 1. The molecule has 0 bridgehead atoms. The Kier molecular flexibility index (Phi) is 5.41. The zero-order valence-electron chi connectivity index (χ0n) is 12.7. The van der Waals surface area contributed by atoms with Gasteiger partial charge in [0.05, 0.1) is 12.0 Å². The summed E-state index contributed by atoms with van der Waals surface area (Å²) in [5, 5.41) is 9.84. The van der Waals surface area contributed by atoms with E-state index in [0.717, 1.165) is 36.2 Å². The van der Waals surface area contributed by atoms with Crippen LogP contribution < -0.4 is 0 Å². The van der Waals surface area contributed by atoms with E-state index in [-0.39, 0.29) is 5.91 Å². The van der Waals surface area contributed by atoms with E-state index in [1.54, 1.807) is 0 Å². The van der Waals surface area contributed by atoms with Gasteiger partial charge in [0.1, 0.15) is 0 Å². The summed E-state index contributed by atoms with van der Waals surface area (Å²) < 4.78 is 1.03. The minimum Gasteiger partial charge on any atom is -0.389 e. The van der Waals surface area contributed by atoms with Crippen molar-refractivity contribution >= 4 is 21.8 Å². The number of hydrogen-bond acceptors (Lipinski definition) is 3. The Morgan fingerprint density at radius 1 is 1.19 bits per heavy atom. The maximum Gasteiger partial charge on any atom is 0.227 e. The lowest BCUT2D eigenvalue weighted by atomic mass is 10.1. The molecule has 0 saturated carbocycles. The fraction of sp³-hybridized carbons (Fsp3) is 0.562. The lowest BCUT2D eigenvalue weighted by Gasteiger charge is -2.37.